The van der Waals surface area contributed by atoms with Gasteiger partial charge in [-0.25, -0.2) is 0 Å². The Morgan fingerprint density at radius 3 is 2.82 bits per heavy atom. The van der Waals surface area contributed by atoms with Crippen molar-refractivity contribution in [3.05, 3.63) is 58.8 Å². The van der Waals surface area contributed by atoms with Gasteiger partial charge in [-0.2, -0.15) is 0 Å². The maximum absolute atomic E-state index is 12.6. The van der Waals surface area contributed by atoms with Gasteiger partial charge in [0.2, 0.25) is 0 Å². The van der Waals surface area contributed by atoms with E-state index in [0.29, 0.717) is 20.5 Å². The number of hydrogen-bond acceptors (Lipinski definition) is 4. The van der Waals surface area contributed by atoms with E-state index in [1.54, 1.807) is 36.5 Å². The van der Waals surface area contributed by atoms with Gasteiger partial charge in [-0.1, -0.05) is 36.1 Å². The van der Waals surface area contributed by atoms with Gasteiger partial charge in [0.05, 0.1) is 10.6 Å². The minimum atomic E-state index is -0.176. The molecule has 0 unspecified atom stereocenters. The molecule has 1 aromatic heterocycles. The molecule has 0 radical (unpaired) electrons. The number of nitrogens with one attached hydrogen (secondary N) is 1. The van der Waals surface area contributed by atoms with Crippen molar-refractivity contribution < 1.29 is 9.59 Å². The lowest BCUT2D eigenvalue weighted by Gasteiger charge is -2.15. The van der Waals surface area contributed by atoms with E-state index >= 15 is 0 Å². The fourth-order valence-corrected chi connectivity index (χ4v) is 3.42. The molecule has 3 rings (SSSR count). The third-order valence-corrected chi connectivity index (χ3v) is 4.52. The standard InChI is InChI=1S/C16H12N2O2S2/c1-10(19)11-4-2-6-13(8-11)18-15(20)14(22-16(18)21)9-12-5-3-7-17-12/h2-9,17H,1H3/b14-9+. The van der Waals surface area contributed by atoms with E-state index in [-0.39, 0.29) is 11.7 Å². The van der Waals surface area contributed by atoms with Gasteiger partial charge in [0.15, 0.2) is 10.1 Å². The summed E-state index contributed by atoms with van der Waals surface area (Å²) in [6, 6.07) is 10.7. The SMILES string of the molecule is CC(=O)c1cccc(N2C(=O)/C(=C\c3ccc[nH]3)SC2=S)c1. The van der Waals surface area contributed by atoms with Crippen LogP contribution in [0.2, 0.25) is 0 Å². The number of ketones is 1. The molecule has 1 amide bonds. The van der Waals surface area contributed by atoms with Gasteiger partial charge in [0.25, 0.3) is 5.91 Å². The molecule has 22 heavy (non-hydrogen) atoms. The molecule has 2 aromatic rings. The van der Waals surface area contributed by atoms with Crippen molar-refractivity contribution >= 4 is 51.8 Å². The number of thioether (sulfide) groups is 1. The topological polar surface area (TPSA) is 53.2 Å². The van der Waals surface area contributed by atoms with Crippen molar-refractivity contribution in [3.63, 3.8) is 0 Å². The van der Waals surface area contributed by atoms with Gasteiger partial charge in [0.1, 0.15) is 0 Å². The zero-order valence-electron chi connectivity index (χ0n) is 11.7. The fraction of sp³-hybridized carbons (Fsp3) is 0.0625. The normalized spacial score (nSPS) is 16.6. The van der Waals surface area contributed by atoms with Crippen LogP contribution in [0.5, 0.6) is 0 Å². The molecule has 1 aromatic carbocycles. The molecule has 1 fully saturated rings. The number of carbonyl (C=O) groups is 2. The number of benzene rings is 1. The molecule has 1 aliphatic heterocycles. The second-order valence-electron chi connectivity index (χ2n) is 4.75. The van der Waals surface area contributed by atoms with Crippen LogP contribution in [0, 0.1) is 0 Å². The van der Waals surface area contributed by atoms with Crippen molar-refractivity contribution in [3.8, 4) is 0 Å². The van der Waals surface area contributed by atoms with Crippen molar-refractivity contribution in [2.24, 2.45) is 0 Å². The van der Waals surface area contributed by atoms with Gasteiger partial charge in [0, 0.05) is 17.5 Å². The molecule has 6 heteroatoms. The van der Waals surface area contributed by atoms with Crippen LogP contribution in [0.1, 0.15) is 23.0 Å². The van der Waals surface area contributed by atoms with E-state index in [1.807, 2.05) is 12.1 Å². The summed E-state index contributed by atoms with van der Waals surface area (Å²) in [6.45, 7) is 1.49. The molecule has 1 saturated heterocycles. The third-order valence-electron chi connectivity index (χ3n) is 3.21. The van der Waals surface area contributed by atoms with E-state index in [0.717, 1.165) is 5.69 Å². The first-order valence-electron chi connectivity index (χ1n) is 6.58. The van der Waals surface area contributed by atoms with Crippen molar-refractivity contribution in [2.75, 3.05) is 4.90 Å². The van der Waals surface area contributed by atoms with E-state index in [1.165, 1.54) is 23.6 Å². The molecule has 2 heterocycles. The van der Waals surface area contributed by atoms with Gasteiger partial charge in [-0.3, -0.25) is 14.5 Å². The van der Waals surface area contributed by atoms with Crippen LogP contribution in [0.3, 0.4) is 0 Å². The van der Waals surface area contributed by atoms with Crippen LogP contribution in [0.15, 0.2) is 47.5 Å². The quantitative estimate of drug-likeness (QED) is 0.531. The highest BCUT2D eigenvalue weighted by molar-refractivity contribution is 8.27. The van der Waals surface area contributed by atoms with Crippen molar-refractivity contribution in [1.29, 1.82) is 0 Å². The number of rotatable bonds is 3. The van der Waals surface area contributed by atoms with Gasteiger partial charge >= 0.3 is 0 Å². The number of hydrogen-bond donors (Lipinski definition) is 1. The molecule has 0 saturated carbocycles. The number of H-pyrrole nitrogens is 1. The molecule has 110 valence electrons. The Morgan fingerprint density at radius 2 is 2.14 bits per heavy atom. The Kier molecular flexibility index (Phi) is 3.96. The van der Waals surface area contributed by atoms with Crippen molar-refractivity contribution in [1.82, 2.24) is 4.98 Å². The number of amides is 1. The Hall–Kier alpha value is -2.18. The minimum Gasteiger partial charge on any atom is -0.362 e. The number of Topliss-reactive ketones (excluding diaryl/α,β-unsaturated/α-hetero) is 1. The maximum atomic E-state index is 12.6. The van der Waals surface area contributed by atoms with Gasteiger partial charge < -0.3 is 4.98 Å². The number of thiocarbonyl (C=S) groups is 1. The molecule has 0 aliphatic carbocycles. The Labute approximate surface area is 137 Å². The van der Waals surface area contributed by atoms with Crippen LogP contribution < -0.4 is 4.90 Å². The average Bonchev–Trinajstić information content (AvgIpc) is 3.08. The molecule has 1 N–H and O–H groups in total. The fourth-order valence-electron chi connectivity index (χ4n) is 2.13. The van der Waals surface area contributed by atoms with Gasteiger partial charge in [-0.15, -0.1) is 0 Å². The summed E-state index contributed by atoms with van der Waals surface area (Å²) in [5.41, 5.74) is 2.02. The van der Waals surface area contributed by atoms with E-state index in [4.69, 9.17) is 12.2 Å². The summed E-state index contributed by atoms with van der Waals surface area (Å²) >= 11 is 6.57. The van der Waals surface area contributed by atoms with E-state index in [9.17, 15) is 9.59 Å². The average molecular weight is 328 g/mol. The maximum Gasteiger partial charge on any atom is 0.270 e. The number of nitrogens with zero attached hydrogens (tertiary/aromatic N) is 1. The van der Waals surface area contributed by atoms with Crippen LogP contribution >= 0.6 is 24.0 Å². The lowest BCUT2D eigenvalue weighted by Crippen LogP contribution is -2.27. The smallest absolute Gasteiger partial charge is 0.270 e. The predicted molar refractivity (Wildman–Crippen MR) is 92.9 cm³/mol. The monoisotopic (exact) mass is 328 g/mol. The highest BCUT2D eigenvalue weighted by Crippen LogP contribution is 2.36. The highest BCUT2D eigenvalue weighted by Gasteiger charge is 2.33. The Morgan fingerprint density at radius 1 is 1.32 bits per heavy atom. The molecular weight excluding hydrogens is 316 g/mol. The third kappa shape index (κ3) is 2.75. The highest BCUT2D eigenvalue weighted by atomic mass is 32.2. The zero-order valence-corrected chi connectivity index (χ0v) is 13.3. The number of aromatic nitrogens is 1. The number of carbonyl (C=O) groups excluding carboxylic acids is 2. The zero-order chi connectivity index (χ0) is 15.7. The molecule has 0 atom stereocenters. The first-order valence-corrected chi connectivity index (χ1v) is 7.81. The molecule has 0 spiro atoms. The summed E-state index contributed by atoms with van der Waals surface area (Å²) in [6.07, 6.45) is 3.57. The molecular formula is C16H12N2O2S2. The lowest BCUT2D eigenvalue weighted by atomic mass is 10.1. The van der Waals surface area contributed by atoms with Crippen LogP contribution in [-0.2, 0) is 4.79 Å². The summed E-state index contributed by atoms with van der Waals surface area (Å²) in [5.74, 6) is -0.223. The lowest BCUT2D eigenvalue weighted by molar-refractivity contribution is -0.113. The first kappa shape index (κ1) is 14.7. The van der Waals surface area contributed by atoms with Crippen LogP contribution in [0.4, 0.5) is 5.69 Å². The Balaban J connectivity index is 1.95. The van der Waals surface area contributed by atoms with E-state index < -0.39 is 0 Å². The largest absolute Gasteiger partial charge is 0.362 e. The van der Waals surface area contributed by atoms with Crippen LogP contribution in [-0.4, -0.2) is 21.0 Å². The van der Waals surface area contributed by atoms with Crippen LogP contribution in [0.25, 0.3) is 6.08 Å². The first-order chi connectivity index (χ1) is 10.6. The van der Waals surface area contributed by atoms with Gasteiger partial charge in [-0.05, 0) is 37.3 Å². The number of aromatic amines is 1. The van der Waals surface area contributed by atoms with E-state index in [2.05, 4.69) is 4.98 Å². The molecule has 1 aliphatic rings. The number of anilines is 1. The summed E-state index contributed by atoms with van der Waals surface area (Å²) in [7, 11) is 0. The Bertz CT molecular complexity index is 794. The molecule has 0 bridgehead atoms. The predicted octanol–water partition coefficient (Wildman–Crippen LogP) is 3.62. The minimum absolute atomic E-state index is 0.0470. The van der Waals surface area contributed by atoms with Crippen molar-refractivity contribution in [2.45, 2.75) is 6.92 Å². The second-order valence-corrected chi connectivity index (χ2v) is 6.42. The second kappa shape index (κ2) is 5.90. The summed E-state index contributed by atoms with van der Waals surface area (Å²) < 4.78 is 0.462. The summed E-state index contributed by atoms with van der Waals surface area (Å²) in [5, 5.41) is 0. The molecule has 4 nitrogen and oxygen atoms in total. The summed E-state index contributed by atoms with van der Waals surface area (Å²) in [4.78, 5) is 29.1.